The monoisotopic (exact) mass is 263 g/mol. The van der Waals surface area contributed by atoms with E-state index in [-0.39, 0.29) is 11.7 Å². The molecule has 0 aliphatic carbocycles. The van der Waals surface area contributed by atoms with E-state index in [0.29, 0.717) is 30.2 Å². The zero-order chi connectivity index (χ0) is 12.5. The molecule has 1 aromatic carbocycles. The molecule has 0 radical (unpaired) electrons. The van der Waals surface area contributed by atoms with E-state index in [4.69, 9.17) is 4.74 Å². The molecule has 3 nitrogen and oxygen atoms in total. The molecule has 2 aromatic rings. The molecule has 0 fully saturated rings. The number of benzene rings is 1. The molecular weight excluding hydrogens is 253 g/mol. The van der Waals surface area contributed by atoms with Crippen molar-refractivity contribution in [2.75, 3.05) is 18.1 Å². The highest BCUT2D eigenvalue weighted by molar-refractivity contribution is 7.08. The number of fused-ring (bicyclic) bond motifs is 1. The Morgan fingerprint density at radius 1 is 1.39 bits per heavy atom. The van der Waals surface area contributed by atoms with Crippen molar-refractivity contribution in [1.82, 2.24) is 0 Å². The van der Waals surface area contributed by atoms with E-state index >= 15 is 0 Å². The molecule has 1 aliphatic heterocycles. The van der Waals surface area contributed by atoms with Gasteiger partial charge >= 0.3 is 0 Å². The van der Waals surface area contributed by atoms with Crippen LogP contribution in [-0.2, 0) is 0 Å². The van der Waals surface area contributed by atoms with Crippen molar-refractivity contribution in [2.45, 2.75) is 0 Å². The molecule has 0 saturated carbocycles. The van der Waals surface area contributed by atoms with Crippen LogP contribution in [0.15, 0.2) is 35.0 Å². The van der Waals surface area contributed by atoms with Crippen molar-refractivity contribution in [1.29, 1.82) is 0 Å². The fourth-order valence-electron chi connectivity index (χ4n) is 1.95. The van der Waals surface area contributed by atoms with Crippen LogP contribution in [0.2, 0.25) is 0 Å². The number of ether oxygens (including phenoxy) is 1. The first-order valence-electron chi connectivity index (χ1n) is 5.52. The van der Waals surface area contributed by atoms with E-state index in [0.717, 1.165) is 0 Å². The second-order valence-corrected chi connectivity index (χ2v) is 4.71. The molecule has 5 heteroatoms. The Balaban J connectivity index is 1.99. The normalized spacial score (nSPS) is 13.9. The summed E-state index contributed by atoms with van der Waals surface area (Å²) < 4.78 is 18.5. The van der Waals surface area contributed by atoms with Crippen LogP contribution in [0, 0.1) is 5.82 Å². The van der Waals surface area contributed by atoms with Gasteiger partial charge in [0, 0.05) is 11.4 Å². The predicted molar refractivity (Wildman–Crippen MR) is 67.9 cm³/mol. The quantitative estimate of drug-likeness (QED) is 0.791. The fourth-order valence-corrected chi connectivity index (χ4v) is 2.58. The van der Waals surface area contributed by atoms with Crippen LogP contribution in [0.4, 0.5) is 10.1 Å². The topological polar surface area (TPSA) is 29.5 Å². The second kappa shape index (κ2) is 4.42. The minimum atomic E-state index is -0.362. The van der Waals surface area contributed by atoms with E-state index in [1.54, 1.807) is 22.4 Å². The average Bonchev–Trinajstić information content (AvgIpc) is 2.90. The third kappa shape index (κ3) is 1.86. The minimum absolute atomic E-state index is 0.0765. The standard InChI is InChI=1S/C13H10FNO2S/c14-10-1-2-11-12(7-10)17-5-4-15(11)13(16)9-3-6-18-8-9/h1-3,6-8H,4-5H2. The van der Waals surface area contributed by atoms with Gasteiger partial charge in [-0.2, -0.15) is 11.3 Å². The predicted octanol–water partition coefficient (Wildman–Crippen LogP) is 2.93. The van der Waals surface area contributed by atoms with Crippen molar-refractivity contribution >= 4 is 22.9 Å². The van der Waals surface area contributed by atoms with Gasteiger partial charge in [0.1, 0.15) is 18.2 Å². The van der Waals surface area contributed by atoms with Crippen molar-refractivity contribution in [2.24, 2.45) is 0 Å². The molecule has 0 spiro atoms. The van der Waals surface area contributed by atoms with Gasteiger partial charge < -0.3 is 9.64 Å². The molecule has 0 bridgehead atoms. The van der Waals surface area contributed by atoms with Crippen LogP contribution in [0.3, 0.4) is 0 Å². The van der Waals surface area contributed by atoms with Crippen molar-refractivity contribution in [3.8, 4) is 5.75 Å². The van der Waals surface area contributed by atoms with E-state index in [9.17, 15) is 9.18 Å². The Hall–Kier alpha value is -1.88. The highest BCUT2D eigenvalue weighted by Crippen LogP contribution is 2.33. The van der Waals surface area contributed by atoms with Crippen LogP contribution in [0.25, 0.3) is 0 Å². The van der Waals surface area contributed by atoms with Crippen LogP contribution in [0.5, 0.6) is 5.75 Å². The Kier molecular flexibility index (Phi) is 2.76. The molecule has 1 aromatic heterocycles. The molecule has 0 N–H and O–H groups in total. The number of amides is 1. The number of anilines is 1. The Bertz CT molecular complexity index is 583. The lowest BCUT2D eigenvalue weighted by atomic mass is 10.2. The van der Waals surface area contributed by atoms with Gasteiger partial charge in [-0.3, -0.25) is 4.79 Å². The molecule has 1 aliphatic rings. The molecular formula is C13H10FNO2S. The van der Waals surface area contributed by atoms with Crippen LogP contribution in [-0.4, -0.2) is 19.1 Å². The van der Waals surface area contributed by atoms with Crippen LogP contribution in [0.1, 0.15) is 10.4 Å². The maximum atomic E-state index is 13.1. The van der Waals surface area contributed by atoms with Gasteiger partial charge in [0.2, 0.25) is 0 Å². The lowest BCUT2D eigenvalue weighted by Gasteiger charge is -2.29. The zero-order valence-electron chi connectivity index (χ0n) is 9.43. The third-order valence-electron chi connectivity index (χ3n) is 2.80. The molecule has 0 saturated heterocycles. The average molecular weight is 263 g/mol. The summed E-state index contributed by atoms with van der Waals surface area (Å²) in [5.74, 6) is -0.0178. The summed E-state index contributed by atoms with van der Waals surface area (Å²) >= 11 is 1.48. The third-order valence-corrected chi connectivity index (χ3v) is 3.48. The van der Waals surface area contributed by atoms with Gasteiger partial charge in [0.15, 0.2) is 0 Å². The number of thiophene rings is 1. The number of carbonyl (C=O) groups excluding carboxylic acids is 1. The summed E-state index contributed by atoms with van der Waals surface area (Å²) in [7, 11) is 0. The van der Waals surface area contributed by atoms with Crippen molar-refractivity contribution < 1.29 is 13.9 Å². The van der Waals surface area contributed by atoms with Gasteiger partial charge in [0.25, 0.3) is 5.91 Å². The maximum Gasteiger partial charge on any atom is 0.259 e. The van der Waals surface area contributed by atoms with Gasteiger partial charge in [0.05, 0.1) is 17.8 Å². The second-order valence-electron chi connectivity index (χ2n) is 3.93. The Morgan fingerprint density at radius 3 is 3.06 bits per heavy atom. The molecule has 1 amide bonds. The molecule has 3 rings (SSSR count). The fraction of sp³-hybridized carbons (Fsp3) is 0.154. The largest absolute Gasteiger partial charge is 0.489 e. The summed E-state index contributed by atoms with van der Waals surface area (Å²) in [6.07, 6.45) is 0. The Labute approximate surface area is 107 Å². The number of rotatable bonds is 1. The highest BCUT2D eigenvalue weighted by atomic mass is 32.1. The minimum Gasteiger partial charge on any atom is -0.489 e. The molecule has 92 valence electrons. The SMILES string of the molecule is O=C(c1ccsc1)N1CCOc2cc(F)ccc21. The summed E-state index contributed by atoms with van der Waals surface area (Å²) in [5.41, 5.74) is 1.27. The smallest absolute Gasteiger partial charge is 0.259 e. The number of halogens is 1. The summed E-state index contributed by atoms with van der Waals surface area (Å²) in [4.78, 5) is 13.9. The number of nitrogens with zero attached hydrogens (tertiary/aromatic N) is 1. The molecule has 18 heavy (non-hydrogen) atoms. The van der Waals surface area contributed by atoms with Gasteiger partial charge in [-0.1, -0.05) is 0 Å². The first-order valence-corrected chi connectivity index (χ1v) is 6.46. The first kappa shape index (κ1) is 11.2. The van der Waals surface area contributed by atoms with E-state index < -0.39 is 0 Å². The highest BCUT2D eigenvalue weighted by Gasteiger charge is 2.25. The lowest BCUT2D eigenvalue weighted by molar-refractivity contribution is 0.0977. The van der Waals surface area contributed by atoms with Gasteiger partial charge in [-0.05, 0) is 23.6 Å². The van der Waals surface area contributed by atoms with E-state index in [1.807, 2.05) is 5.38 Å². The summed E-state index contributed by atoms with van der Waals surface area (Å²) in [5, 5.41) is 3.67. The van der Waals surface area contributed by atoms with Gasteiger partial charge in [-0.25, -0.2) is 4.39 Å². The zero-order valence-corrected chi connectivity index (χ0v) is 10.2. The van der Waals surface area contributed by atoms with Crippen LogP contribution < -0.4 is 9.64 Å². The number of carbonyl (C=O) groups is 1. The van der Waals surface area contributed by atoms with Crippen LogP contribution >= 0.6 is 11.3 Å². The lowest BCUT2D eigenvalue weighted by Crippen LogP contribution is -2.37. The first-order chi connectivity index (χ1) is 8.75. The molecule has 0 atom stereocenters. The summed E-state index contributed by atoms with van der Waals surface area (Å²) in [6.45, 7) is 0.861. The van der Waals surface area contributed by atoms with E-state index in [2.05, 4.69) is 0 Å². The number of hydrogen-bond acceptors (Lipinski definition) is 3. The Morgan fingerprint density at radius 2 is 2.28 bits per heavy atom. The number of hydrogen-bond donors (Lipinski definition) is 0. The molecule has 0 unspecified atom stereocenters. The van der Waals surface area contributed by atoms with Crippen molar-refractivity contribution in [3.05, 3.63) is 46.4 Å². The van der Waals surface area contributed by atoms with Crippen molar-refractivity contribution in [3.63, 3.8) is 0 Å². The molecule has 2 heterocycles. The van der Waals surface area contributed by atoms with E-state index in [1.165, 1.54) is 23.5 Å². The maximum absolute atomic E-state index is 13.1. The van der Waals surface area contributed by atoms with Gasteiger partial charge in [-0.15, -0.1) is 0 Å². The summed E-state index contributed by atoms with van der Waals surface area (Å²) in [6, 6.07) is 6.00.